The van der Waals surface area contributed by atoms with Crippen LogP contribution in [0, 0.1) is 6.92 Å². The Morgan fingerprint density at radius 3 is 2.60 bits per heavy atom. The average molecular weight is 419 g/mol. The molecule has 1 N–H and O–H groups in total. The van der Waals surface area contributed by atoms with Crippen LogP contribution in [0.3, 0.4) is 0 Å². The number of amides is 1. The molecule has 2 heterocycles. The predicted molar refractivity (Wildman–Crippen MR) is 124 cm³/mol. The first-order valence-corrected chi connectivity index (χ1v) is 11.2. The largest absolute Gasteiger partial charge is 0.325 e. The second-order valence-corrected chi connectivity index (χ2v) is 8.94. The Balaban J connectivity index is 1.65. The van der Waals surface area contributed by atoms with Crippen molar-refractivity contribution in [3.63, 3.8) is 0 Å². The van der Waals surface area contributed by atoms with Crippen molar-refractivity contribution < 1.29 is 4.79 Å². The van der Waals surface area contributed by atoms with E-state index >= 15 is 0 Å². The molecule has 0 aliphatic heterocycles. The molecule has 6 heteroatoms. The smallest absolute Gasteiger partial charge is 0.237 e. The lowest BCUT2D eigenvalue weighted by Gasteiger charge is -2.17. The molecule has 0 aliphatic carbocycles. The van der Waals surface area contributed by atoms with Crippen LogP contribution < -0.4 is 5.32 Å². The van der Waals surface area contributed by atoms with Crippen molar-refractivity contribution in [2.45, 2.75) is 50.4 Å². The summed E-state index contributed by atoms with van der Waals surface area (Å²) in [6, 6.07) is 18.3. The van der Waals surface area contributed by atoms with Crippen LogP contribution in [0.5, 0.6) is 0 Å². The molecule has 4 rings (SSSR count). The summed E-state index contributed by atoms with van der Waals surface area (Å²) in [5, 5.41) is 13.5. The molecule has 5 nitrogen and oxygen atoms in total. The summed E-state index contributed by atoms with van der Waals surface area (Å²) in [6.07, 6.45) is 0.694. The van der Waals surface area contributed by atoms with Gasteiger partial charge in [0, 0.05) is 11.1 Å². The fourth-order valence-corrected chi connectivity index (χ4v) is 4.70. The first-order chi connectivity index (χ1) is 14.5. The van der Waals surface area contributed by atoms with Gasteiger partial charge < -0.3 is 5.32 Å². The number of hydrogen-bond acceptors (Lipinski definition) is 4. The number of aryl methyl sites for hydroxylation is 1. The molecule has 1 atom stereocenters. The van der Waals surface area contributed by atoms with E-state index in [-0.39, 0.29) is 11.2 Å². The van der Waals surface area contributed by atoms with E-state index in [9.17, 15) is 4.79 Å². The quantitative estimate of drug-likeness (QED) is 0.401. The van der Waals surface area contributed by atoms with E-state index in [0.717, 1.165) is 38.5 Å². The third-order valence-electron chi connectivity index (χ3n) is 5.33. The summed E-state index contributed by atoms with van der Waals surface area (Å²) in [4.78, 5) is 13.1. The maximum Gasteiger partial charge on any atom is 0.237 e. The number of fused-ring (bicyclic) bond motifs is 3. The minimum Gasteiger partial charge on any atom is -0.325 e. The number of carbonyl (C=O) groups is 1. The number of benzene rings is 2. The highest BCUT2D eigenvalue weighted by Gasteiger charge is 2.23. The van der Waals surface area contributed by atoms with Gasteiger partial charge in [0.2, 0.25) is 5.91 Å². The van der Waals surface area contributed by atoms with Crippen LogP contribution in [-0.4, -0.2) is 25.8 Å². The Morgan fingerprint density at radius 1 is 1.10 bits per heavy atom. The number of nitrogens with zero attached hydrogens (tertiary/aromatic N) is 3. The SMILES string of the molecule is CCC(Sc1nnc2cc(C)c3ccccc3n12)C(=O)Nc1ccccc1C(C)C. The Hall–Kier alpha value is -2.86. The lowest BCUT2D eigenvalue weighted by molar-refractivity contribution is -0.115. The van der Waals surface area contributed by atoms with Crippen LogP contribution in [0.15, 0.2) is 59.8 Å². The van der Waals surface area contributed by atoms with Crippen molar-refractivity contribution in [1.82, 2.24) is 14.6 Å². The van der Waals surface area contributed by atoms with Crippen LogP contribution in [0.2, 0.25) is 0 Å². The number of para-hydroxylation sites is 2. The Morgan fingerprint density at radius 2 is 1.83 bits per heavy atom. The van der Waals surface area contributed by atoms with Gasteiger partial charge in [0.15, 0.2) is 10.8 Å². The maximum atomic E-state index is 13.1. The van der Waals surface area contributed by atoms with E-state index in [1.54, 1.807) is 0 Å². The third-order valence-corrected chi connectivity index (χ3v) is 6.63. The van der Waals surface area contributed by atoms with E-state index in [1.165, 1.54) is 11.8 Å². The summed E-state index contributed by atoms with van der Waals surface area (Å²) in [5.74, 6) is 0.327. The van der Waals surface area contributed by atoms with Crippen LogP contribution in [-0.2, 0) is 4.79 Å². The van der Waals surface area contributed by atoms with Gasteiger partial charge in [-0.2, -0.15) is 0 Å². The van der Waals surface area contributed by atoms with E-state index in [0.29, 0.717) is 12.3 Å². The summed E-state index contributed by atoms with van der Waals surface area (Å²) < 4.78 is 2.05. The summed E-state index contributed by atoms with van der Waals surface area (Å²) in [5.41, 5.74) is 5.04. The average Bonchev–Trinajstić information content (AvgIpc) is 3.14. The Labute approximate surface area is 180 Å². The standard InChI is InChI=1S/C24H26N4OS/c1-5-21(23(29)25-19-12-8-6-10-17(19)15(2)3)30-24-27-26-22-14-16(4)18-11-7-9-13-20(18)28(22)24/h6-15,21H,5H2,1-4H3,(H,25,29). The van der Waals surface area contributed by atoms with Crippen molar-refractivity contribution in [3.05, 3.63) is 65.7 Å². The van der Waals surface area contributed by atoms with Crippen LogP contribution in [0.25, 0.3) is 16.6 Å². The Kier molecular flexibility index (Phi) is 5.77. The van der Waals surface area contributed by atoms with E-state index in [2.05, 4.69) is 54.5 Å². The molecule has 1 amide bonds. The molecule has 4 aromatic rings. The third kappa shape index (κ3) is 3.79. The molecule has 0 bridgehead atoms. The molecule has 0 saturated heterocycles. The van der Waals surface area contributed by atoms with Crippen molar-refractivity contribution in [3.8, 4) is 0 Å². The second-order valence-electron chi connectivity index (χ2n) is 7.77. The number of pyridine rings is 1. The highest BCUT2D eigenvalue weighted by Crippen LogP contribution is 2.30. The van der Waals surface area contributed by atoms with Crippen LogP contribution in [0.1, 0.15) is 44.2 Å². The lowest BCUT2D eigenvalue weighted by atomic mass is 10.0. The molecule has 2 aromatic heterocycles. The van der Waals surface area contributed by atoms with Gasteiger partial charge >= 0.3 is 0 Å². The van der Waals surface area contributed by atoms with Gasteiger partial charge in [-0.3, -0.25) is 9.20 Å². The fraction of sp³-hybridized carbons (Fsp3) is 0.292. The van der Waals surface area contributed by atoms with Gasteiger partial charge in [-0.1, -0.05) is 68.9 Å². The fourth-order valence-electron chi connectivity index (χ4n) is 3.73. The zero-order valence-electron chi connectivity index (χ0n) is 17.7. The van der Waals surface area contributed by atoms with Crippen molar-refractivity contribution >= 4 is 39.9 Å². The molecular formula is C24H26N4OS. The van der Waals surface area contributed by atoms with Gasteiger partial charge in [-0.05, 0) is 48.6 Å². The molecule has 2 aromatic carbocycles. The normalized spacial score (nSPS) is 12.6. The highest BCUT2D eigenvalue weighted by molar-refractivity contribution is 8.00. The van der Waals surface area contributed by atoms with Crippen LogP contribution >= 0.6 is 11.8 Å². The first-order valence-electron chi connectivity index (χ1n) is 10.3. The van der Waals surface area contributed by atoms with E-state index < -0.39 is 0 Å². The molecule has 1 unspecified atom stereocenters. The summed E-state index contributed by atoms with van der Waals surface area (Å²) >= 11 is 1.46. The molecule has 0 saturated carbocycles. The van der Waals surface area contributed by atoms with Crippen molar-refractivity contribution in [2.24, 2.45) is 0 Å². The van der Waals surface area contributed by atoms with Gasteiger partial charge in [-0.25, -0.2) is 0 Å². The van der Waals surface area contributed by atoms with E-state index in [1.807, 2.05) is 47.7 Å². The van der Waals surface area contributed by atoms with Gasteiger partial charge in [0.25, 0.3) is 0 Å². The summed E-state index contributed by atoms with van der Waals surface area (Å²) in [7, 11) is 0. The zero-order chi connectivity index (χ0) is 21.3. The van der Waals surface area contributed by atoms with Crippen LogP contribution in [0.4, 0.5) is 5.69 Å². The summed E-state index contributed by atoms with van der Waals surface area (Å²) in [6.45, 7) is 8.37. The molecule has 30 heavy (non-hydrogen) atoms. The minimum absolute atomic E-state index is 0.0104. The molecular weight excluding hydrogens is 392 g/mol. The zero-order valence-corrected chi connectivity index (χ0v) is 18.5. The number of aromatic nitrogens is 3. The Bertz CT molecular complexity index is 1210. The minimum atomic E-state index is -0.266. The van der Waals surface area contributed by atoms with E-state index in [4.69, 9.17) is 0 Å². The van der Waals surface area contributed by atoms with Gasteiger partial charge in [-0.15, -0.1) is 10.2 Å². The highest BCUT2D eigenvalue weighted by atomic mass is 32.2. The molecule has 154 valence electrons. The molecule has 0 spiro atoms. The predicted octanol–water partition coefficient (Wildman–Crippen LogP) is 5.82. The number of anilines is 1. The number of carbonyl (C=O) groups excluding carboxylic acids is 1. The number of hydrogen-bond donors (Lipinski definition) is 1. The second kappa shape index (κ2) is 8.48. The lowest BCUT2D eigenvalue weighted by Crippen LogP contribution is -2.25. The topological polar surface area (TPSA) is 59.3 Å². The van der Waals surface area contributed by atoms with Crippen molar-refractivity contribution in [2.75, 3.05) is 5.32 Å². The monoisotopic (exact) mass is 418 g/mol. The number of thioether (sulfide) groups is 1. The van der Waals surface area contributed by atoms with Gasteiger partial charge in [0.1, 0.15) is 0 Å². The first kappa shape index (κ1) is 20.4. The molecule has 0 fully saturated rings. The van der Waals surface area contributed by atoms with Crippen molar-refractivity contribution in [1.29, 1.82) is 0 Å². The number of nitrogens with one attached hydrogen (secondary N) is 1. The number of rotatable bonds is 6. The molecule has 0 radical (unpaired) electrons. The molecule has 0 aliphatic rings. The maximum absolute atomic E-state index is 13.1. The van der Waals surface area contributed by atoms with Gasteiger partial charge in [0.05, 0.1) is 10.8 Å².